The maximum atomic E-state index is 11.8. The van der Waals surface area contributed by atoms with E-state index in [4.69, 9.17) is 0 Å². The first-order valence-corrected chi connectivity index (χ1v) is 7.37. The van der Waals surface area contributed by atoms with Crippen molar-refractivity contribution in [2.24, 2.45) is 0 Å². The molecule has 5 nitrogen and oxygen atoms in total. The number of nitrogens with zero attached hydrogens (tertiary/aromatic N) is 1. The third kappa shape index (κ3) is 7.46. The summed E-state index contributed by atoms with van der Waals surface area (Å²) in [5, 5.41) is 5.54. The van der Waals surface area contributed by atoms with Gasteiger partial charge in [-0.05, 0) is 44.3 Å². The van der Waals surface area contributed by atoms with Crippen LogP contribution in [0.4, 0.5) is 11.4 Å². The fourth-order valence-electron chi connectivity index (χ4n) is 1.90. The first-order valence-electron chi connectivity index (χ1n) is 7.37. The summed E-state index contributed by atoms with van der Waals surface area (Å²) in [5.41, 5.74) is 1.46. The number of anilines is 2. The highest BCUT2D eigenvalue weighted by atomic mass is 16.2. The molecule has 5 heteroatoms. The number of rotatable bonds is 8. The lowest BCUT2D eigenvalue weighted by molar-refractivity contribution is -0.116. The molecule has 0 saturated heterocycles. The molecule has 0 aliphatic rings. The lowest BCUT2D eigenvalue weighted by atomic mass is 10.2. The Morgan fingerprint density at radius 1 is 1.05 bits per heavy atom. The van der Waals surface area contributed by atoms with Gasteiger partial charge in [0.1, 0.15) is 0 Å². The van der Waals surface area contributed by atoms with Crippen LogP contribution >= 0.6 is 0 Å². The average Bonchev–Trinajstić information content (AvgIpc) is 2.44. The smallest absolute Gasteiger partial charge is 0.225 e. The van der Waals surface area contributed by atoms with Gasteiger partial charge in [-0.3, -0.25) is 9.59 Å². The van der Waals surface area contributed by atoms with Crippen LogP contribution in [0.3, 0.4) is 0 Å². The summed E-state index contributed by atoms with van der Waals surface area (Å²) in [4.78, 5) is 24.9. The molecule has 0 bridgehead atoms. The summed E-state index contributed by atoms with van der Waals surface area (Å²) in [5.74, 6) is -0.104. The summed E-state index contributed by atoms with van der Waals surface area (Å²) in [7, 11) is 2.03. The van der Waals surface area contributed by atoms with Crippen molar-refractivity contribution in [3.63, 3.8) is 0 Å². The summed E-state index contributed by atoms with van der Waals surface area (Å²) in [6, 6.07) is 7.10. The number of carbonyl (C=O) groups excluding carboxylic acids is 2. The van der Waals surface area contributed by atoms with Crippen LogP contribution in [0.15, 0.2) is 24.3 Å². The number of unbranched alkanes of at least 4 members (excludes halogenated alkanes) is 1. The van der Waals surface area contributed by atoms with Crippen LogP contribution in [0.25, 0.3) is 0 Å². The summed E-state index contributed by atoms with van der Waals surface area (Å²) >= 11 is 0. The van der Waals surface area contributed by atoms with Crippen molar-refractivity contribution in [2.45, 2.75) is 33.1 Å². The van der Waals surface area contributed by atoms with Gasteiger partial charge in [0.2, 0.25) is 11.8 Å². The number of nitrogens with one attached hydrogen (secondary N) is 2. The fourth-order valence-corrected chi connectivity index (χ4v) is 1.90. The second-order valence-electron chi connectivity index (χ2n) is 5.21. The van der Waals surface area contributed by atoms with Gasteiger partial charge in [-0.2, -0.15) is 0 Å². The number of benzene rings is 1. The van der Waals surface area contributed by atoms with Crippen molar-refractivity contribution >= 4 is 23.2 Å². The molecular weight excluding hydrogens is 266 g/mol. The second kappa shape index (κ2) is 9.13. The van der Waals surface area contributed by atoms with Crippen LogP contribution in [0, 0.1) is 0 Å². The quantitative estimate of drug-likeness (QED) is 0.774. The minimum atomic E-state index is -0.109. The van der Waals surface area contributed by atoms with E-state index in [1.54, 1.807) is 24.3 Å². The predicted molar refractivity (Wildman–Crippen MR) is 86.4 cm³/mol. The third-order valence-electron chi connectivity index (χ3n) is 3.10. The molecule has 0 unspecified atom stereocenters. The van der Waals surface area contributed by atoms with Gasteiger partial charge in [0.25, 0.3) is 0 Å². The highest BCUT2D eigenvalue weighted by molar-refractivity contribution is 5.92. The Morgan fingerprint density at radius 3 is 2.14 bits per heavy atom. The highest BCUT2D eigenvalue weighted by Crippen LogP contribution is 2.13. The van der Waals surface area contributed by atoms with Crippen molar-refractivity contribution in [1.82, 2.24) is 4.90 Å². The Morgan fingerprint density at radius 2 is 1.62 bits per heavy atom. The summed E-state index contributed by atoms with van der Waals surface area (Å²) < 4.78 is 0. The van der Waals surface area contributed by atoms with Crippen molar-refractivity contribution in [3.05, 3.63) is 24.3 Å². The van der Waals surface area contributed by atoms with Gasteiger partial charge in [-0.15, -0.1) is 0 Å². The van der Waals surface area contributed by atoms with E-state index in [1.165, 1.54) is 6.92 Å². The maximum absolute atomic E-state index is 11.8. The molecule has 2 N–H and O–H groups in total. The van der Waals surface area contributed by atoms with Crippen LogP contribution < -0.4 is 10.6 Å². The Bertz CT molecular complexity index is 457. The van der Waals surface area contributed by atoms with Gasteiger partial charge in [-0.1, -0.05) is 13.3 Å². The molecule has 1 aromatic rings. The van der Waals surface area contributed by atoms with Crippen molar-refractivity contribution < 1.29 is 9.59 Å². The first-order chi connectivity index (χ1) is 10.0. The van der Waals surface area contributed by atoms with E-state index in [0.717, 1.165) is 37.3 Å². The zero-order valence-electron chi connectivity index (χ0n) is 13.1. The molecule has 0 radical (unpaired) electrons. The lowest BCUT2D eigenvalue weighted by Crippen LogP contribution is -2.25. The topological polar surface area (TPSA) is 61.4 Å². The lowest BCUT2D eigenvalue weighted by Gasteiger charge is -2.15. The molecule has 21 heavy (non-hydrogen) atoms. The molecule has 0 saturated carbocycles. The number of hydrogen-bond acceptors (Lipinski definition) is 3. The van der Waals surface area contributed by atoms with E-state index in [2.05, 4.69) is 22.5 Å². The largest absolute Gasteiger partial charge is 0.326 e. The molecule has 0 aliphatic heterocycles. The van der Waals surface area contributed by atoms with Crippen LogP contribution in [0.2, 0.25) is 0 Å². The zero-order valence-corrected chi connectivity index (χ0v) is 13.1. The van der Waals surface area contributed by atoms with E-state index in [9.17, 15) is 9.59 Å². The fraction of sp³-hybridized carbons (Fsp3) is 0.500. The minimum absolute atomic E-state index is 0.00521. The monoisotopic (exact) mass is 291 g/mol. The van der Waals surface area contributed by atoms with Crippen LogP contribution in [0.1, 0.15) is 33.1 Å². The van der Waals surface area contributed by atoms with Gasteiger partial charge < -0.3 is 15.5 Å². The predicted octanol–water partition coefficient (Wildman–Crippen LogP) is 2.71. The first kappa shape index (κ1) is 17.2. The molecular formula is C16H25N3O2. The molecule has 0 spiro atoms. The van der Waals surface area contributed by atoms with Crippen molar-refractivity contribution in [1.29, 1.82) is 0 Å². The SMILES string of the molecule is CCCCN(C)CCC(=O)Nc1ccc(NC(C)=O)cc1. The zero-order chi connectivity index (χ0) is 15.7. The molecule has 2 amide bonds. The van der Waals surface area contributed by atoms with Crippen molar-refractivity contribution in [2.75, 3.05) is 30.8 Å². The second-order valence-corrected chi connectivity index (χ2v) is 5.21. The molecule has 0 heterocycles. The van der Waals surface area contributed by atoms with E-state index in [0.29, 0.717) is 6.42 Å². The van der Waals surface area contributed by atoms with Crippen LogP contribution in [-0.4, -0.2) is 36.9 Å². The number of hydrogen-bond donors (Lipinski definition) is 2. The normalized spacial score (nSPS) is 10.5. The molecule has 1 aromatic carbocycles. The Kier molecular flexibility index (Phi) is 7.46. The molecule has 0 atom stereocenters. The Hall–Kier alpha value is -1.88. The van der Waals surface area contributed by atoms with Gasteiger partial charge in [0.15, 0.2) is 0 Å². The standard InChI is InChI=1S/C16H25N3O2/c1-4-5-11-19(3)12-10-16(21)18-15-8-6-14(7-9-15)17-13(2)20/h6-9H,4-5,10-12H2,1-3H3,(H,17,20)(H,18,21). The van der Waals surface area contributed by atoms with Crippen molar-refractivity contribution in [3.8, 4) is 0 Å². The molecule has 1 rings (SSSR count). The summed E-state index contributed by atoms with van der Waals surface area (Å²) in [6.45, 7) is 5.40. The van der Waals surface area contributed by atoms with Crippen LogP contribution in [0.5, 0.6) is 0 Å². The van der Waals surface area contributed by atoms with E-state index < -0.39 is 0 Å². The highest BCUT2D eigenvalue weighted by Gasteiger charge is 2.05. The summed E-state index contributed by atoms with van der Waals surface area (Å²) in [6.07, 6.45) is 2.80. The Labute approximate surface area is 126 Å². The maximum Gasteiger partial charge on any atom is 0.225 e. The molecule has 0 aliphatic carbocycles. The van der Waals surface area contributed by atoms with E-state index in [-0.39, 0.29) is 11.8 Å². The number of carbonyl (C=O) groups is 2. The average molecular weight is 291 g/mol. The minimum Gasteiger partial charge on any atom is -0.326 e. The van der Waals surface area contributed by atoms with Gasteiger partial charge in [-0.25, -0.2) is 0 Å². The third-order valence-corrected chi connectivity index (χ3v) is 3.10. The Balaban J connectivity index is 2.35. The van der Waals surface area contributed by atoms with Gasteiger partial charge in [0, 0.05) is 31.3 Å². The number of amides is 2. The molecule has 116 valence electrons. The molecule has 0 aromatic heterocycles. The van der Waals surface area contributed by atoms with Gasteiger partial charge >= 0.3 is 0 Å². The molecule has 0 fully saturated rings. The van der Waals surface area contributed by atoms with E-state index in [1.807, 2.05) is 7.05 Å². The van der Waals surface area contributed by atoms with Gasteiger partial charge in [0.05, 0.1) is 0 Å². The van der Waals surface area contributed by atoms with E-state index >= 15 is 0 Å². The van der Waals surface area contributed by atoms with Crippen LogP contribution in [-0.2, 0) is 9.59 Å².